The number of ether oxygens (including phenoxy) is 1. The van der Waals surface area contributed by atoms with Crippen molar-refractivity contribution in [1.82, 2.24) is 3.97 Å². The van der Waals surface area contributed by atoms with E-state index in [0.717, 1.165) is 33.4 Å². The fourth-order valence-electron chi connectivity index (χ4n) is 4.09. The first-order valence-corrected chi connectivity index (χ1v) is 12.6. The van der Waals surface area contributed by atoms with Gasteiger partial charge in [0.05, 0.1) is 17.5 Å². The normalized spacial score (nSPS) is 11.1. The standard InChI is InChI=1S/C30H23NO3S/c1-22-12-19-26(20-13-22)35(32,33)31-28-11-7-6-10-27(28)30(24-8-4-3-5-9-24)29(31)21-16-23-14-17-25(34-2)18-15-23/h3-15,17-20H,1-2H3. The van der Waals surface area contributed by atoms with Gasteiger partial charge in [0, 0.05) is 16.5 Å². The molecule has 0 spiro atoms. The zero-order valence-electron chi connectivity index (χ0n) is 19.4. The molecule has 0 fully saturated rings. The van der Waals surface area contributed by atoms with Gasteiger partial charge in [-0.05, 0) is 60.9 Å². The largest absolute Gasteiger partial charge is 0.497 e. The highest BCUT2D eigenvalue weighted by Gasteiger charge is 2.26. The van der Waals surface area contributed by atoms with Crippen LogP contribution in [0, 0.1) is 18.8 Å². The second-order valence-electron chi connectivity index (χ2n) is 8.17. The fraction of sp³-hybridized carbons (Fsp3) is 0.0667. The molecule has 172 valence electrons. The third kappa shape index (κ3) is 4.21. The number of fused-ring (bicyclic) bond motifs is 1. The number of hydrogen-bond acceptors (Lipinski definition) is 3. The van der Waals surface area contributed by atoms with E-state index >= 15 is 0 Å². The van der Waals surface area contributed by atoms with Gasteiger partial charge in [0.25, 0.3) is 10.0 Å². The first-order valence-electron chi connectivity index (χ1n) is 11.2. The molecule has 0 aliphatic carbocycles. The molecule has 5 heteroatoms. The number of rotatable bonds is 4. The molecule has 0 radical (unpaired) electrons. The summed E-state index contributed by atoms with van der Waals surface area (Å²) in [5.41, 5.74) is 4.46. The molecular formula is C30H23NO3S. The molecule has 0 aliphatic rings. The van der Waals surface area contributed by atoms with E-state index in [0.29, 0.717) is 11.2 Å². The molecule has 5 aromatic rings. The van der Waals surface area contributed by atoms with Crippen LogP contribution in [-0.4, -0.2) is 19.5 Å². The SMILES string of the molecule is COc1ccc(C#Cc2c(-c3ccccc3)c3ccccc3n2S(=O)(=O)c2ccc(C)cc2)cc1. The number of hydrogen-bond donors (Lipinski definition) is 0. The van der Waals surface area contributed by atoms with Gasteiger partial charge in [-0.15, -0.1) is 0 Å². The van der Waals surface area contributed by atoms with Crippen molar-refractivity contribution in [2.45, 2.75) is 11.8 Å². The molecule has 0 atom stereocenters. The lowest BCUT2D eigenvalue weighted by Gasteiger charge is -2.10. The summed E-state index contributed by atoms with van der Waals surface area (Å²) in [6.07, 6.45) is 0. The van der Waals surface area contributed by atoms with Gasteiger partial charge in [0.2, 0.25) is 0 Å². The Bertz CT molecular complexity index is 1670. The zero-order chi connectivity index (χ0) is 24.4. The van der Waals surface area contributed by atoms with Gasteiger partial charge in [-0.2, -0.15) is 0 Å². The van der Waals surface area contributed by atoms with E-state index in [1.54, 1.807) is 31.4 Å². The maximum Gasteiger partial charge on any atom is 0.269 e. The molecule has 0 N–H and O–H groups in total. The monoisotopic (exact) mass is 477 g/mol. The average Bonchev–Trinajstić information content (AvgIpc) is 3.23. The highest BCUT2D eigenvalue weighted by Crippen LogP contribution is 2.37. The van der Waals surface area contributed by atoms with E-state index in [-0.39, 0.29) is 4.90 Å². The van der Waals surface area contributed by atoms with Crippen molar-refractivity contribution in [2.75, 3.05) is 7.11 Å². The Hall–Kier alpha value is -4.27. The smallest absolute Gasteiger partial charge is 0.269 e. The van der Waals surface area contributed by atoms with E-state index in [1.807, 2.05) is 85.8 Å². The van der Waals surface area contributed by atoms with Gasteiger partial charge >= 0.3 is 0 Å². The van der Waals surface area contributed by atoms with Crippen LogP contribution in [0.5, 0.6) is 5.75 Å². The van der Waals surface area contributed by atoms with Crippen molar-refractivity contribution in [3.05, 3.63) is 120 Å². The van der Waals surface area contributed by atoms with Crippen molar-refractivity contribution in [2.24, 2.45) is 0 Å². The van der Waals surface area contributed by atoms with Gasteiger partial charge in [-0.1, -0.05) is 72.1 Å². The van der Waals surface area contributed by atoms with Gasteiger partial charge in [0.1, 0.15) is 11.4 Å². The maximum absolute atomic E-state index is 14.0. The highest BCUT2D eigenvalue weighted by atomic mass is 32.2. The van der Waals surface area contributed by atoms with E-state index in [9.17, 15) is 8.42 Å². The van der Waals surface area contributed by atoms with Crippen molar-refractivity contribution < 1.29 is 13.2 Å². The predicted octanol–water partition coefficient (Wildman–Crippen LogP) is 6.26. The molecule has 0 amide bonds. The van der Waals surface area contributed by atoms with Crippen molar-refractivity contribution in [3.63, 3.8) is 0 Å². The number of nitrogens with zero attached hydrogens (tertiary/aromatic N) is 1. The van der Waals surface area contributed by atoms with E-state index in [2.05, 4.69) is 11.8 Å². The molecular weight excluding hydrogens is 454 g/mol. The fourth-order valence-corrected chi connectivity index (χ4v) is 5.58. The molecule has 4 aromatic carbocycles. The molecule has 0 aliphatic heterocycles. The summed E-state index contributed by atoms with van der Waals surface area (Å²) in [6, 6.07) is 31.6. The third-order valence-corrected chi connectivity index (χ3v) is 7.60. The summed E-state index contributed by atoms with van der Waals surface area (Å²) in [6.45, 7) is 1.93. The summed E-state index contributed by atoms with van der Waals surface area (Å²) in [5, 5.41) is 0.827. The van der Waals surface area contributed by atoms with Gasteiger partial charge < -0.3 is 4.74 Å². The van der Waals surface area contributed by atoms with Crippen molar-refractivity contribution in [1.29, 1.82) is 0 Å². The molecule has 0 unspecified atom stereocenters. The zero-order valence-corrected chi connectivity index (χ0v) is 20.2. The van der Waals surface area contributed by atoms with Gasteiger partial charge in [-0.25, -0.2) is 12.4 Å². The Kier molecular flexibility index (Phi) is 5.90. The summed E-state index contributed by atoms with van der Waals surface area (Å²) in [7, 11) is -2.31. The van der Waals surface area contributed by atoms with Crippen LogP contribution in [-0.2, 0) is 10.0 Å². The minimum Gasteiger partial charge on any atom is -0.497 e. The van der Waals surface area contributed by atoms with E-state index in [4.69, 9.17) is 4.74 Å². The number of methoxy groups -OCH3 is 1. The Balaban J connectivity index is 1.83. The Labute approximate surface area is 205 Å². The summed E-state index contributed by atoms with van der Waals surface area (Å²) < 4.78 is 34.6. The number of aryl methyl sites for hydroxylation is 1. The van der Waals surface area contributed by atoms with Crippen LogP contribution in [0.4, 0.5) is 0 Å². The first kappa shape index (κ1) is 22.5. The Morgan fingerprint density at radius 1 is 0.743 bits per heavy atom. The highest BCUT2D eigenvalue weighted by molar-refractivity contribution is 7.90. The van der Waals surface area contributed by atoms with Gasteiger partial charge in [-0.3, -0.25) is 0 Å². The second kappa shape index (κ2) is 9.17. The lowest BCUT2D eigenvalue weighted by atomic mass is 10.0. The van der Waals surface area contributed by atoms with Crippen LogP contribution in [0.2, 0.25) is 0 Å². The van der Waals surface area contributed by atoms with Gasteiger partial charge in [0.15, 0.2) is 0 Å². The van der Waals surface area contributed by atoms with Crippen LogP contribution < -0.4 is 4.74 Å². The molecule has 35 heavy (non-hydrogen) atoms. The lowest BCUT2D eigenvalue weighted by molar-refractivity contribution is 0.415. The molecule has 0 saturated heterocycles. The Morgan fingerprint density at radius 2 is 1.40 bits per heavy atom. The van der Waals surface area contributed by atoms with Crippen molar-refractivity contribution >= 4 is 20.9 Å². The molecule has 5 rings (SSSR count). The topological polar surface area (TPSA) is 48.3 Å². The average molecular weight is 478 g/mol. The number of benzene rings is 4. The summed E-state index contributed by atoms with van der Waals surface area (Å²) in [5.74, 6) is 7.10. The molecule has 4 nitrogen and oxygen atoms in total. The van der Waals surface area contributed by atoms with Crippen LogP contribution in [0.25, 0.3) is 22.0 Å². The van der Waals surface area contributed by atoms with E-state index in [1.165, 1.54) is 3.97 Å². The van der Waals surface area contributed by atoms with Crippen LogP contribution in [0.3, 0.4) is 0 Å². The van der Waals surface area contributed by atoms with Crippen molar-refractivity contribution in [3.8, 4) is 28.7 Å². The molecule has 0 saturated carbocycles. The maximum atomic E-state index is 14.0. The van der Waals surface area contributed by atoms with E-state index < -0.39 is 10.0 Å². The minimum atomic E-state index is -3.92. The molecule has 1 heterocycles. The third-order valence-electron chi connectivity index (χ3n) is 5.87. The summed E-state index contributed by atoms with van der Waals surface area (Å²) >= 11 is 0. The van der Waals surface area contributed by atoms with Crippen LogP contribution in [0.15, 0.2) is 108 Å². The second-order valence-corrected chi connectivity index (χ2v) is 9.95. The lowest BCUT2D eigenvalue weighted by Crippen LogP contribution is -2.15. The molecule has 1 aromatic heterocycles. The minimum absolute atomic E-state index is 0.218. The number of aromatic nitrogens is 1. The predicted molar refractivity (Wildman–Crippen MR) is 140 cm³/mol. The molecule has 0 bridgehead atoms. The summed E-state index contributed by atoms with van der Waals surface area (Å²) in [4.78, 5) is 0.218. The Morgan fingerprint density at radius 3 is 2.09 bits per heavy atom. The number of para-hydroxylation sites is 1. The first-order chi connectivity index (χ1) is 17.0. The quantitative estimate of drug-likeness (QED) is 0.287. The van der Waals surface area contributed by atoms with Crippen LogP contribution in [0.1, 0.15) is 16.8 Å². The van der Waals surface area contributed by atoms with Crippen LogP contribution >= 0.6 is 0 Å².